The predicted octanol–water partition coefficient (Wildman–Crippen LogP) is 1.71. The van der Waals surface area contributed by atoms with E-state index in [4.69, 9.17) is 5.73 Å². The van der Waals surface area contributed by atoms with Gasteiger partial charge >= 0.3 is 0 Å². The van der Waals surface area contributed by atoms with Crippen LogP contribution in [0.5, 0.6) is 0 Å². The van der Waals surface area contributed by atoms with Crippen LogP contribution in [0.1, 0.15) is 18.4 Å². The number of nitrogens with zero attached hydrogens (tertiary/aromatic N) is 1. The average Bonchev–Trinajstić information content (AvgIpc) is 2.14. The molecule has 1 aromatic rings. The first-order valence-corrected chi connectivity index (χ1v) is 4.72. The quantitative estimate of drug-likeness (QED) is 0.583. The highest BCUT2D eigenvalue weighted by atomic mass is 16.1. The zero-order chi connectivity index (χ0) is 10.6. The van der Waals surface area contributed by atoms with E-state index < -0.39 is 0 Å². The van der Waals surface area contributed by atoms with Crippen LogP contribution in [0.25, 0.3) is 0 Å². The second-order valence-corrected chi connectivity index (χ2v) is 3.37. The van der Waals surface area contributed by atoms with Gasteiger partial charge in [-0.15, -0.1) is 6.58 Å². The molecule has 0 saturated carbocycles. The van der Waals surface area contributed by atoms with E-state index in [2.05, 4.69) is 6.58 Å². The lowest BCUT2D eigenvalue weighted by Gasteiger charge is -2.07. The van der Waals surface area contributed by atoms with Crippen molar-refractivity contribution in [1.82, 2.24) is 4.57 Å². The topological polar surface area (TPSA) is 48.0 Å². The number of anilines is 1. The smallest absolute Gasteiger partial charge is 0.250 e. The molecule has 0 atom stereocenters. The summed E-state index contributed by atoms with van der Waals surface area (Å²) < 4.78 is 1.64. The number of aryl methyl sites for hydroxylation is 2. The summed E-state index contributed by atoms with van der Waals surface area (Å²) in [5.41, 5.74) is 7.24. The highest BCUT2D eigenvalue weighted by Crippen LogP contribution is 2.06. The molecule has 1 rings (SSSR count). The van der Waals surface area contributed by atoms with E-state index >= 15 is 0 Å². The molecule has 0 fully saturated rings. The van der Waals surface area contributed by atoms with Crippen molar-refractivity contribution in [3.05, 3.63) is 40.8 Å². The summed E-state index contributed by atoms with van der Waals surface area (Å²) in [6.45, 7) is 6.18. The van der Waals surface area contributed by atoms with Gasteiger partial charge in [0.15, 0.2) is 0 Å². The Morgan fingerprint density at radius 3 is 3.00 bits per heavy atom. The Kier molecular flexibility index (Phi) is 3.51. The van der Waals surface area contributed by atoms with Gasteiger partial charge in [0, 0.05) is 18.8 Å². The number of pyridine rings is 1. The number of aromatic nitrogens is 1. The Morgan fingerprint density at radius 2 is 2.36 bits per heavy atom. The monoisotopic (exact) mass is 192 g/mol. The highest BCUT2D eigenvalue weighted by Gasteiger charge is 1.99. The van der Waals surface area contributed by atoms with Gasteiger partial charge in [-0.1, -0.05) is 6.08 Å². The molecule has 0 aliphatic rings. The first-order chi connectivity index (χ1) is 6.65. The molecular weight excluding hydrogens is 176 g/mol. The number of unbranched alkanes of at least 4 members (excludes halogenated alkanes) is 1. The minimum Gasteiger partial charge on any atom is -0.397 e. The second kappa shape index (κ2) is 4.65. The molecule has 14 heavy (non-hydrogen) atoms. The molecule has 0 radical (unpaired) electrons. The van der Waals surface area contributed by atoms with Gasteiger partial charge in [-0.05, 0) is 25.3 Å². The largest absolute Gasteiger partial charge is 0.397 e. The van der Waals surface area contributed by atoms with Gasteiger partial charge in [0.2, 0.25) is 0 Å². The summed E-state index contributed by atoms with van der Waals surface area (Å²) in [6.07, 6.45) is 5.40. The first kappa shape index (κ1) is 10.6. The van der Waals surface area contributed by atoms with Gasteiger partial charge in [-0.2, -0.15) is 0 Å². The fourth-order valence-electron chi connectivity index (χ4n) is 1.27. The van der Waals surface area contributed by atoms with Crippen molar-refractivity contribution >= 4 is 5.69 Å². The van der Waals surface area contributed by atoms with E-state index in [1.807, 2.05) is 13.0 Å². The van der Waals surface area contributed by atoms with E-state index in [0.717, 1.165) is 18.4 Å². The molecular formula is C11H16N2O. The molecule has 1 heterocycles. The van der Waals surface area contributed by atoms with Crippen LogP contribution in [0, 0.1) is 6.92 Å². The van der Waals surface area contributed by atoms with Crippen LogP contribution in [-0.2, 0) is 6.54 Å². The molecule has 0 spiro atoms. The Labute approximate surface area is 83.9 Å². The molecule has 0 bridgehead atoms. The van der Waals surface area contributed by atoms with E-state index in [0.29, 0.717) is 12.2 Å². The molecule has 76 valence electrons. The highest BCUT2D eigenvalue weighted by molar-refractivity contribution is 5.42. The fourth-order valence-corrected chi connectivity index (χ4v) is 1.27. The van der Waals surface area contributed by atoms with Gasteiger partial charge < -0.3 is 10.3 Å². The minimum absolute atomic E-state index is 0.0146. The van der Waals surface area contributed by atoms with Gasteiger partial charge in [0.05, 0.1) is 5.69 Å². The summed E-state index contributed by atoms with van der Waals surface area (Å²) in [4.78, 5) is 11.5. The van der Waals surface area contributed by atoms with Crippen molar-refractivity contribution in [1.29, 1.82) is 0 Å². The molecule has 0 aromatic carbocycles. The standard InChI is InChI=1S/C11H16N2O/c1-3-4-5-6-13-8-10(12)9(2)7-11(13)14/h3,7-8H,1,4-6,12H2,2H3. The average molecular weight is 192 g/mol. The van der Waals surface area contributed by atoms with Crippen molar-refractivity contribution < 1.29 is 0 Å². The zero-order valence-corrected chi connectivity index (χ0v) is 8.49. The summed E-state index contributed by atoms with van der Waals surface area (Å²) in [5.74, 6) is 0. The first-order valence-electron chi connectivity index (χ1n) is 4.72. The van der Waals surface area contributed by atoms with Crippen molar-refractivity contribution in [2.75, 3.05) is 5.73 Å². The van der Waals surface area contributed by atoms with E-state index in [1.165, 1.54) is 0 Å². The van der Waals surface area contributed by atoms with E-state index in [9.17, 15) is 4.79 Å². The number of nitrogen functional groups attached to an aromatic ring is 1. The molecule has 0 aliphatic heterocycles. The SMILES string of the molecule is C=CCCCn1cc(N)c(C)cc1=O. The van der Waals surface area contributed by atoms with Crippen molar-refractivity contribution in [2.45, 2.75) is 26.3 Å². The van der Waals surface area contributed by atoms with Gasteiger partial charge in [0.25, 0.3) is 5.56 Å². The number of rotatable bonds is 4. The van der Waals surface area contributed by atoms with Gasteiger partial charge in [-0.25, -0.2) is 0 Å². The van der Waals surface area contributed by atoms with Crippen LogP contribution < -0.4 is 11.3 Å². The molecule has 2 N–H and O–H groups in total. The van der Waals surface area contributed by atoms with Crippen LogP contribution >= 0.6 is 0 Å². The molecule has 0 aliphatic carbocycles. The second-order valence-electron chi connectivity index (χ2n) is 3.37. The summed E-state index contributed by atoms with van der Waals surface area (Å²) >= 11 is 0. The number of nitrogens with two attached hydrogens (primary N) is 1. The fraction of sp³-hybridized carbons (Fsp3) is 0.364. The molecule has 3 heteroatoms. The van der Waals surface area contributed by atoms with Gasteiger partial charge in [0.1, 0.15) is 0 Å². The Bertz CT molecular complexity index is 379. The lowest BCUT2D eigenvalue weighted by molar-refractivity contribution is 0.629. The zero-order valence-electron chi connectivity index (χ0n) is 8.49. The lowest BCUT2D eigenvalue weighted by Crippen LogP contribution is -2.20. The normalized spacial score (nSPS) is 10.1. The molecule has 0 saturated heterocycles. The van der Waals surface area contributed by atoms with Crippen molar-refractivity contribution in [3.8, 4) is 0 Å². The van der Waals surface area contributed by atoms with Gasteiger partial charge in [-0.3, -0.25) is 4.79 Å². The maximum atomic E-state index is 11.5. The Hall–Kier alpha value is -1.51. The third kappa shape index (κ3) is 2.49. The molecule has 0 unspecified atom stereocenters. The summed E-state index contributed by atoms with van der Waals surface area (Å²) in [5, 5.41) is 0. The van der Waals surface area contributed by atoms with E-state index in [-0.39, 0.29) is 5.56 Å². The molecule has 0 amide bonds. The van der Waals surface area contributed by atoms with Crippen LogP contribution in [-0.4, -0.2) is 4.57 Å². The number of hydrogen-bond donors (Lipinski definition) is 1. The Morgan fingerprint density at radius 1 is 1.64 bits per heavy atom. The van der Waals surface area contributed by atoms with Crippen LogP contribution in [0.2, 0.25) is 0 Å². The summed E-state index contributed by atoms with van der Waals surface area (Å²) in [6, 6.07) is 1.57. The van der Waals surface area contributed by atoms with Crippen molar-refractivity contribution in [3.63, 3.8) is 0 Å². The summed E-state index contributed by atoms with van der Waals surface area (Å²) in [7, 11) is 0. The maximum Gasteiger partial charge on any atom is 0.250 e. The number of hydrogen-bond acceptors (Lipinski definition) is 2. The molecule has 1 aromatic heterocycles. The number of allylic oxidation sites excluding steroid dienone is 1. The van der Waals surface area contributed by atoms with Crippen molar-refractivity contribution in [2.24, 2.45) is 0 Å². The van der Waals surface area contributed by atoms with Crippen LogP contribution in [0.4, 0.5) is 5.69 Å². The van der Waals surface area contributed by atoms with Crippen LogP contribution in [0.3, 0.4) is 0 Å². The van der Waals surface area contributed by atoms with Crippen LogP contribution in [0.15, 0.2) is 29.7 Å². The Balaban J connectivity index is 2.82. The predicted molar refractivity (Wildman–Crippen MR) is 59.3 cm³/mol. The van der Waals surface area contributed by atoms with E-state index in [1.54, 1.807) is 16.8 Å². The molecule has 3 nitrogen and oxygen atoms in total. The third-order valence-electron chi connectivity index (χ3n) is 2.18. The third-order valence-corrected chi connectivity index (χ3v) is 2.18. The lowest BCUT2D eigenvalue weighted by atomic mass is 10.2. The minimum atomic E-state index is 0.0146. The maximum absolute atomic E-state index is 11.5.